The first kappa shape index (κ1) is 20.4. The summed E-state index contributed by atoms with van der Waals surface area (Å²) < 4.78 is 55.3. The quantitative estimate of drug-likeness (QED) is 0.193. The molecule has 0 fully saturated rings. The molecule has 0 radical (unpaired) electrons. The molecule has 146 valence electrons. The van der Waals surface area contributed by atoms with E-state index in [9.17, 15) is 17.6 Å². The summed E-state index contributed by atoms with van der Waals surface area (Å²) in [7, 11) is 0. The molecule has 0 spiro atoms. The van der Waals surface area contributed by atoms with Gasteiger partial charge in [0.1, 0.15) is 11.6 Å². The van der Waals surface area contributed by atoms with E-state index >= 15 is 0 Å². The molecule has 3 aromatic rings. The highest BCUT2D eigenvalue weighted by Gasteiger charge is 2.15. The molecule has 3 aromatic carbocycles. The van der Waals surface area contributed by atoms with Crippen LogP contribution in [0.15, 0.2) is 67.3 Å². The zero-order valence-corrected chi connectivity index (χ0v) is 15.6. The highest BCUT2D eigenvalue weighted by Crippen LogP contribution is 2.28. The van der Waals surface area contributed by atoms with Crippen molar-refractivity contribution >= 4 is 0 Å². The summed E-state index contributed by atoms with van der Waals surface area (Å²) in [5, 5.41) is 0. The van der Waals surface area contributed by atoms with E-state index in [1.807, 2.05) is 30.3 Å². The Morgan fingerprint density at radius 1 is 0.724 bits per heavy atom. The first-order chi connectivity index (χ1) is 14.0. The molecule has 0 saturated heterocycles. The Morgan fingerprint density at radius 3 is 2.00 bits per heavy atom. The van der Waals surface area contributed by atoms with Crippen LogP contribution in [0.1, 0.15) is 29.5 Å². The average molecular weight is 394 g/mol. The number of unbranched alkanes of at least 4 members (excludes halogenated alkanes) is 1. The summed E-state index contributed by atoms with van der Waals surface area (Å²) in [5.74, 6) is 1.58. The number of allylic oxidation sites excluding steroid dienone is 1. The SMILES string of the molecule is C=CCCCc1ccc(C#Cc2cc(F)c(-c3ccc(F)c(F)c3)c(F)c2)cc1. The molecule has 0 saturated carbocycles. The van der Waals surface area contributed by atoms with Gasteiger partial charge in [0.05, 0.1) is 5.56 Å². The Kier molecular flexibility index (Phi) is 6.51. The highest BCUT2D eigenvalue weighted by molar-refractivity contribution is 5.66. The number of aryl methyl sites for hydroxylation is 1. The molecule has 29 heavy (non-hydrogen) atoms. The lowest BCUT2D eigenvalue weighted by Crippen LogP contribution is -1.94. The third-order valence-electron chi connectivity index (χ3n) is 4.43. The molecule has 0 bridgehead atoms. The molecule has 0 unspecified atom stereocenters. The summed E-state index contributed by atoms with van der Waals surface area (Å²) in [4.78, 5) is 0. The standard InChI is InChI=1S/C25H18F4/c1-2-3-4-5-17-6-8-18(9-7-17)10-11-19-14-23(28)25(24(29)15-19)20-12-13-21(26)22(27)16-20/h2,6-9,12-16H,1,3-5H2. The van der Waals surface area contributed by atoms with Crippen LogP contribution in [-0.4, -0.2) is 0 Å². The van der Waals surface area contributed by atoms with Crippen LogP contribution in [0.2, 0.25) is 0 Å². The normalized spacial score (nSPS) is 10.3. The van der Waals surface area contributed by atoms with Crippen LogP contribution in [0.4, 0.5) is 17.6 Å². The lowest BCUT2D eigenvalue weighted by Gasteiger charge is -2.07. The second-order valence-corrected chi connectivity index (χ2v) is 6.57. The second kappa shape index (κ2) is 9.25. The van der Waals surface area contributed by atoms with Crippen molar-refractivity contribution in [3.8, 4) is 23.0 Å². The van der Waals surface area contributed by atoms with Crippen LogP contribution in [-0.2, 0) is 6.42 Å². The Bertz CT molecular complexity index is 1060. The van der Waals surface area contributed by atoms with Gasteiger partial charge in [-0.25, -0.2) is 17.6 Å². The Labute approximate surface area is 167 Å². The summed E-state index contributed by atoms with van der Waals surface area (Å²) in [5.41, 5.74) is 1.57. The van der Waals surface area contributed by atoms with Gasteiger partial charge in [-0.15, -0.1) is 6.58 Å². The predicted molar refractivity (Wildman–Crippen MR) is 107 cm³/mol. The number of benzene rings is 3. The summed E-state index contributed by atoms with van der Waals surface area (Å²) in [6, 6.07) is 12.5. The van der Waals surface area contributed by atoms with E-state index in [4.69, 9.17) is 0 Å². The molecule has 0 aromatic heterocycles. The van der Waals surface area contributed by atoms with Gasteiger partial charge in [-0.3, -0.25) is 0 Å². The van der Waals surface area contributed by atoms with Gasteiger partial charge in [-0.2, -0.15) is 0 Å². The Morgan fingerprint density at radius 2 is 1.38 bits per heavy atom. The van der Waals surface area contributed by atoms with Gasteiger partial charge in [0.2, 0.25) is 0 Å². The fourth-order valence-electron chi connectivity index (χ4n) is 2.92. The molecular formula is C25H18F4. The Hall–Kier alpha value is -3.32. The summed E-state index contributed by atoms with van der Waals surface area (Å²) in [6.07, 6.45) is 4.81. The van der Waals surface area contributed by atoms with Crippen LogP contribution in [0, 0.1) is 35.1 Å². The maximum absolute atomic E-state index is 14.4. The first-order valence-electron chi connectivity index (χ1n) is 9.14. The lowest BCUT2D eigenvalue weighted by atomic mass is 10.0. The van der Waals surface area contributed by atoms with Gasteiger partial charge in [0.25, 0.3) is 0 Å². The third-order valence-corrected chi connectivity index (χ3v) is 4.43. The van der Waals surface area contributed by atoms with Crippen LogP contribution in [0.5, 0.6) is 0 Å². The smallest absolute Gasteiger partial charge is 0.159 e. The van der Waals surface area contributed by atoms with Gasteiger partial charge < -0.3 is 0 Å². The van der Waals surface area contributed by atoms with Crippen LogP contribution < -0.4 is 0 Å². The maximum Gasteiger partial charge on any atom is 0.159 e. The van der Waals surface area contributed by atoms with Crippen molar-refractivity contribution in [2.75, 3.05) is 0 Å². The van der Waals surface area contributed by atoms with Crippen LogP contribution in [0.25, 0.3) is 11.1 Å². The van der Waals surface area contributed by atoms with E-state index in [0.717, 1.165) is 55.2 Å². The predicted octanol–water partition coefficient (Wildman–Crippen LogP) is 6.82. The van der Waals surface area contributed by atoms with E-state index in [1.165, 1.54) is 5.56 Å². The van der Waals surface area contributed by atoms with Crippen molar-refractivity contribution in [1.82, 2.24) is 0 Å². The summed E-state index contributed by atoms with van der Waals surface area (Å²) in [6.45, 7) is 3.70. The van der Waals surface area contributed by atoms with Crippen molar-refractivity contribution in [2.24, 2.45) is 0 Å². The van der Waals surface area contributed by atoms with Crippen molar-refractivity contribution in [2.45, 2.75) is 19.3 Å². The molecule has 3 rings (SSSR count). The van der Waals surface area contributed by atoms with Gasteiger partial charge in [0, 0.05) is 11.1 Å². The minimum Gasteiger partial charge on any atom is -0.206 e. The third kappa shape index (κ3) is 5.14. The second-order valence-electron chi connectivity index (χ2n) is 6.57. The molecule has 0 nitrogen and oxygen atoms in total. The molecule has 0 heterocycles. The van der Waals surface area contributed by atoms with Gasteiger partial charge in [0.15, 0.2) is 11.6 Å². The van der Waals surface area contributed by atoms with E-state index in [-0.39, 0.29) is 11.1 Å². The zero-order valence-electron chi connectivity index (χ0n) is 15.6. The van der Waals surface area contributed by atoms with Crippen LogP contribution in [0.3, 0.4) is 0 Å². The van der Waals surface area contributed by atoms with E-state index < -0.39 is 28.8 Å². The Balaban J connectivity index is 1.81. The van der Waals surface area contributed by atoms with E-state index in [0.29, 0.717) is 0 Å². The average Bonchev–Trinajstić information content (AvgIpc) is 2.70. The maximum atomic E-state index is 14.4. The topological polar surface area (TPSA) is 0 Å². The van der Waals surface area contributed by atoms with Crippen molar-refractivity contribution < 1.29 is 17.6 Å². The van der Waals surface area contributed by atoms with Crippen molar-refractivity contribution in [3.05, 3.63) is 107 Å². The highest BCUT2D eigenvalue weighted by atomic mass is 19.2. The van der Waals surface area contributed by atoms with Gasteiger partial charge in [-0.05, 0) is 66.8 Å². The number of rotatable bonds is 5. The van der Waals surface area contributed by atoms with Gasteiger partial charge in [-0.1, -0.05) is 36.1 Å². The fourth-order valence-corrected chi connectivity index (χ4v) is 2.92. The molecule has 4 heteroatoms. The number of hydrogen-bond donors (Lipinski definition) is 0. The molecule has 0 N–H and O–H groups in total. The first-order valence-corrected chi connectivity index (χ1v) is 9.14. The molecular weight excluding hydrogens is 376 g/mol. The molecule has 0 atom stereocenters. The van der Waals surface area contributed by atoms with Gasteiger partial charge >= 0.3 is 0 Å². The fraction of sp³-hybridized carbons (Fsp3) is 0.120. The van der Waals surface area contributed by atoms with Crippen molar-refractivity contribution in [3.63, 3.8) is 0 Å². The summed E-state index contributed by atoms with van der Waals surface area (Å²) >= 11 is 0. The molecule has 0 aliphatic rings. The molecule has 0 amide bonds. The number of halogens is 4. The van der Waals surface area contributed by atoms with Crippen LogP contribution >= 0.6 is 0 Å². The zero-order chi connectivity index (χ0) is 20.8. The number of hydrogen-bond acceptors (Lipinski definition) is 0. The molecule has 0 aliphatic carbocycles. The minimum atomic E-state index is -1.17. The van der Waals surface area contributed by atoms with E-state index in [1.54, 1.807) is 0 Å². The van der Waals surface area contributed by atoms with Crippen molar-refractivity contribution in [1.29, 1.82) is 0 Å². The minimum absolute atomic E-state index is 0.0783. The molecule has 0 aliphatic heterocycles. The van der Waals surface area contributed by atoms with E-state index in [2.05, 4.69) is 18.4 Å². The lowest BCUT2D eigenvalue weighted by molar-refractivity contribution is 0.508. The monoisotopic (exact) mass is 394 g/mol. The largest absolute Gasteiger partial charge is 0.206 e.